The van der Waals surface area contributed by atoms with Crippen molar-refractivity contribution in [2.75, 3.05) is 19.6 Å². The minimum atomic E-state index is 0. The van der Waals surface area contributed by atoms with E-state index in [2.05, 4.69) is 52.1 Å². The van der Waals surface area contributed by atoms with E-state index in [0.29, 0.717) is 19.6 Å². The molecule has 25 heavy (non-hydrogen) atoms. The van der Waals surface area contributed by atoms with Crippen LogP contribution in [-0.2, 0) is 16.8 Å². The number of hydrogen-bond donors (Lipinski definition) is 3. The monoisotopic (exact) mass is 479 g/mol. The molecule has 1 amide bonds. The van der Waals surface area contributed by atoms with Crippen LogP contribution in [0.25, 0.3) is 0 Å². The van der Waals surface area contributed by atoms with Gasteiger partial charge in [-0.25, -0.2) is 9.98 Å². The zero-order valence-corrected chi connectivity index (χ0v) is 18.7. The number of carbonyl (C=O) groups excluding carboxylic acids is 1. The lowest BCUT2D eigenvalue weighted by Crippen LogP contribution is -2.41. The van der Waals surface area contributed by atoms with Crippen molar-refractivity contribution in [3.63, 3.8) is 0 Å². The number of aromatic nitrogens is 1. The van der Waals surface area contributed by atoms with Gasteiger partial charge < -0.3 is 16.0 Å². The summed E-state index contributed by atoms with van der Waals surface area (Å²) in [5.41, 5.74) is 1.18. The standard InChI is InChI=1S/C17H29N5OS.HI/c1-5-18-16(20-9-8-19-15(23)12-6-7-12)21-10-14-22-13(11-24-14)17(2,3)4;/h11-12H,5-10H2,1-4H3,(H,19,23)(H2,18,20,21);1H. The first-order chi connectivity index (χ1) is 11.4. The molecular weight excluding hydrogens is 449 g/mol. The fraction of sp³-hybridized carbons (Fsp3) is 0.706. The Kier molecular flexibility index (Phi) is 9.12. The molecule has 2 rings (SSSR count). The Hall–Kier alpha value is -0.900. The van der Waals surface area contributed by atoms with Gasteiger partial charge in [0.1, 0.15) is 5.01 Å². The highest BCUT2D eigenvalue weighted by atomic mass is 127. The van der Waals surface area contributed by atoms with E-state index >= 15 is 0 Å². The molecule has 0 bridgehead atoms. The summed E-state index contributed by atoms with van der Waals surface area (Å²) in [6.07, 6.45) is 2.07. The number of hydrogen-bond acceptors (Lipinski definition) is 4. The van der Waals surface area contributed by atoms with E-state index in [1.807, 2.05) is 6.92 Å². The molecule has 142 valence electrons. The average molecular weight is 479 g/mol. The van der Waals surface area contributed by atoms with Crippen LogP contribution in [0.15, 0.2) is 10.4 Å². The van der Waals surface area contributed by atoms with E-state index in [1.54, 1.807) is 11.3 Å². The minimum absolute atomic E-state index is 0. The summed E-state index contributed by atoms with van der Waals surface area (Å²) in [5.74, 6) is 1.19. The molecule has 0 radical (unpaired) electrons. The van der Waals surface area contributed by atoms with Gasteiger partial charge in [-0.2, -0.15) is 0 Å². The predicted octanol–water partition coefficient (Wildman–Crippen LogP) is 2.64. The van der Waals surface area contributed by atoms with Gasteiger partial charge in [0, 0.05) is 36.3 Å². The second kappa shape index (κ2) is 10.3. The molecule has 0 aromatic carbocycles. The van der Waals surface area contributed by atoms with Crippen molar-refractivity contribution in [2.45, 2.75) is 52.5 Å². The number of halogens is 1. The lowest BCUT2D eigenvalue weighted by atomic mass is 9.93. The molecule has 8 heteroatoms. The third kappa shape index (κ3) is 7.89. The highest BCUT2D eigenvalue weighted by molar-refractivity contribution is 14.0. The van der Waals surface area contributed by atoms with E-state index in [0.717, 1.165) is 36.0 Å². The third-order valence-electron chi connectivity index (χ3n) is 3.70. The van der Waals surface area contributed by atoms with Crippen molar-refractivity contribution in [3.8, 4) is 0 Å². The maximum absolute atomic E-state index is 11.6. The lowest BCUT2D eigenvalue weighted by molar-refractivity contribution is -0.122. The SMILES string of the molecule is CCNC(=NCc1nc(C(C)(C)C)cs1)NCCNC(=O)C1CC1.I. The molecule has 1 saturated carbocycles. The van der Waals surface area contributed by atoms with Gasteiger partial charge in [0.2, 0.25) is 5.91 Å². The Bertz CT molecular complexity index is 578. The van der Waals surface area contributed by atoms with Crippen molar-refractivity contribution in [1.82, 2.24) is 20.9 Å². The van der Waals surface area contributed by atoms with Crippen molar-refractivity contribution < 1.29 is 4.79 Å². The first-order valence-electron chi connectivity index (χ1n) is 8.65. The Morgan fingerprint density at radius 1 is 1.28 bits per heavy atom. The Labute approximate surface area is 171 Å². The van der Waals surface area contributed by atoms with Crippen LogP contribution in [0.2, 0.25) is 0 Å². The minimum Gasteiger partial charge on any atom is -0.357 e. The first kappa shape index (κ1) is 22.1. The molecular formula is C17H30IN5OS. The summed E-state index contributed by atoms with van der Waals surface area (Å²) in [5, 5.41) is 12.5. The molecule has 0 spiro atoms. The highest BCUT2D eigenvalue weighted by Crippen LogP contribution is 2.28. The third-order valence-corrected chi connectivity index (χ3v) is 4.54. The molecule has 3 N–H and O–H groups in total. The van der Waals surface area contributed by atoms with Crippen molar-refractivity contribution >= 4 is 47.2 Å². The van der Waals surface area contributed by atoms with Crippen molar-refractivity contribution in [2.24, 2.45) is 10.9 Å². The lowest BCUT2D eigenvalue weighted by Gasteiger charge is -2.14. The number of amides is 1. The number of rotatable bonds is 7. The van der Waals surface area contributed by atoms with Crippen molar-refractivity contribution in [3.05, 3.63) is 16.1 Å². The number of guanidine groups is 1. The normalized spacial score (nSPS) is 14.6. The summed E-state index contributed by atoms with van der Waals surface area (Å²) < 4.78 is 0. The number of carbonyl (C=O) groups is 1. The van der Waals surface area contributed by atoms with Crippen LogP contribution in [0, 0.1) is 5.92 Å². The first-order valence-corrected chi connectivity index (χ1v) is 9.53. The molecule has 0 aliphatic heterocycles. The topological polar surface area (TPSA) is 78.4 Å². The van der Waals surface area contributed by atoms with Crippen LogP contribution in [0.1, 0.15) is 51.2 Å². The number of aliphatic imine (C=N–C) groups is 1. The van der Waals surface area contributed by atoms with Crippen LogP contribution in [0.3, 0.4) is 0 Å². The van der Waals surface area contributed by atoms with Crippen molar-refractivity contribution in [1.29, 1.82) is 0 Å². The second-order valence-electron chi connectivity index (χ2n) is 7.06. The predicted molar refractivity (Wildman–Crippen MR) is 115 cm³/mol. The average Bonchev–Trinajstić information content (AvgIpc) is 3.25. The van der Waals surface area contributed by atoms with Gasteiger partial charge in [-0.1, -0.05) is 20.8 Å². The molecule has 0 unspecified atom stereocenters. The van der Waals surface area contributed by atoms with E-state index < -0.39 is 0 Å². The van der Waals surface area contributed by atoms with Crippen LogP contribution in [0.5, 0.6) is 0 Å². The molecule has 1 aromatic rings. The summed E-state index contributed by atoms with van der Waals surface area (Å²) >= 11 is 1.65. The van der Waals surface area contributed by atoms with Gasteiger partial charge >= 0.3 is 0 Å². The molecule has 6 nitrogen and oxygen atoms in total. The number of nitrogens with one attached hydrogen (secondary N) is 3. The van der Waals surface area contributed by atoms with Crippen LogP contribution in [-0.4, -0.2) is 36.5 Å². The number of thiazole rings is 1. The van der Waals surface area contributed by atoms with Gasteiger partial charge in [0.05, 0.1) is 12.2 Å². The summed E-state index contributed by atoms with van der Waals surface area (Å²) in [7, 11) is 0. The van der Waals surface area contributed by atoms with E-state index in [9.17, 15) is 4.79 Å². The maximum Gasteiger partial charge on any atom is 0.223 e. The molecule has 1 aliphatic carbocycles. The molecule has 1 fully saturated rings. The summed E-state index contributed by atoms with van der Waals surface area (Å²) in [6, 6.07) is 0. The molecule has 1 aliphatic rings. The fourth-order valence-corrected chi connectivity index (χ4v) is 3.02. The maximum atomic E-state index is 11.6. The largest absolute Gasteiger partial charge is 0.357 e. The Morgan fingerprint density at radius 2 is 1.96 bits per heavy atom. The van der Waals surface area contributed by atoms with Gasteiger partial charge in [0.25, 0.3) is 0 Å². The fourth-order valence-electron chi connectivity index (χ4n) is 2.07. The Balaban J connectivity index is 0.00000312. The van der Waals surface area contributed by atoms with E-state index in [-0.39, 0.29) is 41.2 Å². The zero-order chi connectivity index (χ0) is 17.6. The smallest absolute Gasteiger partial charge is 0.223 e. The molecule has 0 atom stereocenters. The quantitative estimate of drug-likeness (QED) is 0.243. The zero-order valence-electron chi connectivity index (χ0n) is 15.5. The van der Waals surface area contributed by atoms with Gasteiger partial charge in [0.15, 0.2) is 5.96 Å². The van der Waals surface area contributed by atoms with Gasteiger partial charge in [-0.3, -0.25) is 4.79 Å². The molecule has 1 heterocycles. The summed E-state index contributed by atoms with van der Waals surface area (Å²) in [6.45, 7) is 11.2. The van der Waals surface area contributed by atoms with Crippen LogP contribution in [0.4, 0.5) is 0 Å². The number of nitrogens with zero attached hydrogens (tertiary/aromatic N) is 2. The van der Waals surface area contributed by atoms with E-state index in [4.69, 9.17) is 0 Å². The molecule has 1 aromatic heterocycles. The van der Waals surface area contributed by atoms with Gasteiger partial charge in [-0.05, 0) is 19.8 Å². The van der Waals surface area contributed by atoms with Gasteiger partial charge in [-0.15, -0.1) is 35.3 Å². The van der Waals surface area contributed by atoms with Crippen LogP contribution < -0.4 is 16.0 Å². The molecule has 0 saturated heterocycles. The second-order valence-corrected chi connectivity index (χ2v) is 8.01. The highest BCUT2D eigenvalue weighted by Gasteiger charge is 2.28. The Morgan fingerprint density at radius 3 is 2.52 bits per heavy atom. The van der Waals surface area contributed by atoms with Crippen LogP contribution >= 0.6 is 35.3 Å². The van der Waals surface area contributed by atoms with E-state index in [1.165, 1.54) is 0 Å². The summed E-state index contributed by atoms with van der Waals surface area (Å²) in [4.78, 5) is 20.8.